The normalized spacial score (nSPS) is 11.0. The first kappa shape index (κ1) is 13.6. The number of carbonyl (C=O) groups excluding carboxylic acids is 1. The van der Waals surface area contributed by atoms with Gasteiger partial charge < -0.3 is 4.57 Å². The van der Waals surface area contributed by atoms with Crippen LogP contribution in [0.15, 0.2) is 48.7 Å². The van der Waals surface area contributed by atoms with Crippen molar-refractivity contribution in [3.05, 3.63) is 65.4 Å². The molecule has 3 aromatic rings. The maximum absolute atomic E-state index is 11.5. The third-order valence-corrected chi connectivity index (χ3v) is 3.86. The van der Waals surface area contributed by atoms with E-state index in [9.17, 15) is 4.79 Å². The SMILES string of the molecule is CC(=O)Cc1cccc2c1c(C)cn2-c1ccc(C)cc1. The Morgan fingerprint density at radius 1 is 1.05 bits per heavy atom. The monoisotopic (exact) mass is 277 g/mol. The van der Waals surface area contributed by atoms with Crippen molar-refractivity contribution in [3.8, 4) is 5.69 Å². The van der Waals surface area contributed by atoms with Crippen molar-refractivity contribution < 1.29 is 4.79 Å². The molecule has 1 aromatic heterocycles. The molecule has 21 heavy (non-hydrogen) atoms. The van der Waals surface area contributed by atoms with Gasteiger partial charge in [0.05, 0.1) is 5.52 Å². The summed E-state index contributed by atoms with van der Waals surface area (Å²) in [5, 5.41) is 1.20. The van der Waals surface area contributed by atoms with Gasteiger partial charge in [-0.05, 0) is 50.1 Å². The molecule has 0 unspecified atom stereocenters. The second-order valence-corrected chi connectivity index (χ2v) is 5.71. The predicted molar refractivity (Wildman–Crippen MR) is 87.1 cm³/mol. The van der Waals surface area contributed by atoms with Crippen LogP contribution in [0.4, 0.5) is 0 Å². The zero-order valence-electron chi connectivity index (χ0n) is 12.7. The summed E-state index contributed by atoms with van der Waals surface area (Å²) < 4.78 is 2.20. The zero-order valence-corrected chi connectivity index (χ0v) is 12.7. The Hall–Kier alpha value is -2.35. The molecule has 2 aromatic carbocycles. The summed E-state index contributed by atoms with van der Waals surface area (Å²) in [6, 6.07) is 14.7. The lowest BCUT2D eigenvalue weighted by atomic mass is 10.0. The summed E-state index contributed by atoms with van der Waals surface area (Å²) in [6.07, 6.45) is 2.65. The van der Waals surface area contributed by atoms with E-state index in [-0.39, 0.29) is 5.78 Å². The van der Waals surface area contributed by atoms with Crippen LogP contribution in [0, 0.1) is 13.8 Å². The molecule has 2 nitrogen and oxygen atoms in total. The van der Waals surface area contributed by atoms with Crippen molar-refractivity contribution in [2.75, 3.05) is 0 Å². The quantitative estimate of drug-likeness (QED) is 0.696. The number of Topliss-reactive ketones (excluding diaryl/α,β-unsaturated/α-hetero) is 1. The minimum Gasteiger partial charge on any atom is -0.316 e. The molecular weight excluding hydrogens is 258 g/mol. The van der Waals surface area contributed by atoms with E-state index in [1.165, 1.54) is 16.5 Å². The molecule has 0 aliphatic heterocycles. The number of aryl methyl sites for hydroxylation is 2. The zero-order chi connectivity index (χ0) is 15.0. The topological polar surface area (TPSA) is 22.0 Å². The van der Waals surface area contributed by atoms with Crippen LogP contribution in [-0.4, -0.2) is 10.4 Å². The fraction of sp³-hybridized carbons (Fsp3) is 0.211. The highest BCUT2D eigenvalue weighted by Crippen LogP contribution is 2.28. The lowest BCUT2D eigenvalue weighted by molar-refractivity contribution is -0.116. The molecule has 0 amide bonds. The maximum Gasteiger partial charge on any atom is 0.134 e. The van der Waals surface area contributed by atoms with Gasteiger partial charge in [-0.2, -0.15) is 0 Å². The first-order valence-electron chi connectivity index (χ1n) is 7.22. The van der Waals surface area contributed by atoms with Gasteiger partial charge in [-0.3, -0.25) is 4.79 Å². The molecule has 0 atom stereocenters. The summed E-state index contributed by atoms with van der Waals surface area (Å²) in [7, 11) is 0. The molecule has 0 N–H and O–H groups in total. The number of ketones is 1. The summed E-state index contributed by atoms with van der Waals surface area (Å²) in [4.78, 5) is 11.5. The summed E-state index contributed by atoms with van der Waals surface area (Å²) in [6.45, 7) is 5.84. The van der Waals surface area contributed by atoms with E-state index in [1.54, 1.807) is 6.92 Å². The Bertz CT molecular complexity index is 809. The predicted octanol–water partition coefficient (Wildman–Crippen LogP) is 4.38. The van der Waals surface area contributed by atoms with Crippen molar-refractivity contribution in [1.82, 2.24) is 4.57 Å². The van der Waals surface area contributed by atoms with E-state index in [2.05, 4.69) is 61.0 Å². The molecule has 0 spiro atoms. The van der Waals surface area contributed by atoms with Gasteiger partial charge in [0.15, 0.2) is 0 Å². The lowest BCUT2D eigenvalue weighted by Gasteiger charge is -2.07. The first-order chi connectivity index (χ1) is 10.1. The minimum absolute atomic E-state index is 0.199. The number of aromatic nitrogens is 1. The Balaban J connectivity index is 2.22. The molecule has 2 heteroatoms. The van der Waals surface area contributed by atoms with Crippen LogP contribution in [0.1, 0.15) is 23.6 Å². The molecule has 0 radical (unpaired) electrons. The minimum atomic E-state index is 0.199. The summed E-state index contributed by atoms with van der Waals surface area (Å²) in [5.41, 5.74) is 5.89. The third-order valence-electron chi connectivity index (χ3n) is 3.86. The van der Waals surface area contributed by atoms with Gasteiger partial charge in [0.25, 0.3) is 0 Å². The van der Waals surface area contributed by atoms with Crippen molar-refractivity contribution in [1.29, 1.82) is 0 Å². The molecular formula is C19H19NO. The number of nitrogens with zero attached hydrogens (tertiary/aromatic N) is 1. The smallest absolute Gasteiger partial charge is 0.134 e. The number of hydrogen-bond donors (Lipinski definition) is 0. The van der Waals surface area contributed by atoms with Crippen LogP contribution in [0.25, 0.3) is 16.6 Å². The van der Waals surface area contributed by atoms with Crippen molar-refractivity contribution in [3.63, 3.8) is 0 Å². The Kier molecular flexibility index (Phi) is 3.38. The van der Waals surface area contributed by atoms with Crippen LogP contribution < -0.4 is 0 Å². The van der Waals surface area contributed by atoms with Crippen LogP contribution >= 0.6 is 0 Å². The largest absolute Gasteiger partial charge is 0.316 e. The summed E-state index contributed by atoms with van der Waals surface area (Å²) in [5.74, 6) is 0.199. The van der Waals surface area contributed by atoms with Crippen LogP contribution in [0.2, 0.25) is 0 Å². The second-order valence-electron chi connectivity index (χ2n) is 5.71. The number of carbonyl (C=O) groups is 1. The highest BCUT2D eigenvalue weighted by Gasteiger charge is 2.11. The summed E-state index contributed by atoms with van der Waals surface area (Å²) >= 11 is 0. The van der Waals surface area contributed by atoms with Gasteiger partial charge in [0.1, 0.15) is 5.78 Å². The molecule has 106 valence electrons. The Morgan fingerprint density at radius 3 is 2.43 bits per heavy atom. The van der Waals surface area contributed by atoms with E-state index < -0.39 is 0 Å². The fourth-order valence-corrected chi connectivity index (χ4v) is 2.90. The Morgan fingerprint density at radius 2 is 1.76 bits per heavy atom. The van der Waals surface area contributed by atoms with Gasteiger partial charge in [0, 0.05) is 23.7 Å². The molecule has 0 saturated carbocycles. The van der Waals surface area contributed by atoms with Gasteiger partial charge in [-0.25, -0.2) is 0 Å². The first-order valence-corrected chi connectivity index (χ1v) is 7.22. The van der Waals surface area contributed by atoms with E-state index in [0.717, 1.165) is 16.8 Å². The van der Waals surface area contributed by atoms with Crippen molar-refractivity contribution in [2.24, 2.45) is 0 Å². The lowest BCUT2D eigenvalue weighted by Crippen LogP contribution is -1.97. The molecule has 3 rings (SSSR count). The molecule has 0 aliphatic carbocycles. The number of benzene rings is 2. The number of fused-ring (bicyclic) bond motifs is 1. The van der Waals surface area contributed by atoms with E-state index >= 15 is 0 Å². The van der Waals surface area contributed by atoms with Crippen LogP contribution in [0.3, 0.4) is 0 Å². The van der Waals surface area contributed by atoms with Crippen LogP contribution in [0.5, 0.6) is 0 Å². The van der Waals surface area contributed by atoms with Gasteiger partial charge in [-0.1, -0.05) is 29.8 Å². The molecule has 0 aliphatic rings. The second kappa shape index (κ2) is 5.21. The van der Waals surface area contributed by atoms with Gasteiger partial charge >= 0.3 is 0 Å². The average Bonchev–Trinajstić information content (AvgIpc) is 2.78. The van der Waals surface area contributed by atoms with Crippen molar-refractivity contribution >= 4 is 16.7 Å². The maximum atomic E-state index is 11.5. The third kappa shape index (κ3) is 2.49. The standard InChI is InChI=1S/C19H19NO/c1-13-7-9-17(10-8-13)20-12-14(2)19-16(11-15(3)21)5-4-6-18(19)20/h4-10,12H,11H2,1-3H3. The van der Waals surface area contributed by atoms with Gasteiger partial charge in [0.2, 0.25) is 0 Å². The highest BCUT2D eigenvalue weighted by molar-refractivity contribution is 5.92. The molecule has 0 fully saturated rings. The van der Waals surface area contributed by atoms with Crippen molar-refractivity contribution in [2.45, 2.75) is 27.2 Å². The van der Waals surface area contributed by atoms with E-state index in [4.69, 9.17) is 0 Å². The highest BCUT2D eigenvalue weighted by atomic mass is 16.1. The Labute approximate surface area is 125 Å². The van der Waals surface area contributed by atoms with Crippen LogP contribution in [-0.2, 0) is 11.2 Å². The van der Waals surface area contributed by atoms with E-state index in [1.807, 2.05) is 6.07 Å². The average molecular weight is 277 g/mol. The molecule has 1 heterocycles. The van der Waals surface area contributed by atoms with E-state index in [0.29, 0.717) is 6.42 Å². The molecule has 0 bridgehead atoms. The van der Waals surface area contributed by atoms with Gasteiger partial charge in [-0.15, -0.1) is 0 Å². The number of hydrogen-bond acceptors (Lipinski definition) is 1. The number of rotatable bonds is 3. The fourth-order valence-electron chi connectivity index (χ4n) is 2.90. The molecule has 0 saturated heterocycles.